The average Bonchev–Trinajstić information content (AvgIpc) is 2.49. The molecular weight excluding hydrogens is 256 g/mol. The smallest absolute Gasteiger partial charge is 0.293 e. The normalized spacial score (nSPS) is 10.1. The maximum atomic E-state index is 12.2. The van der Waals surface area contributed by atoms with Crippen LogP contribution in [0.3, 0.4) is 0 Å². The molecule has 0 aliphatic carbocycles. The van der Waals surface area contributed by atoms with Gasteiger partial charge >= 0.3 is 0 Å². The summed E-state index contributed by atoms with van der Waals surface area (Å²) < 4.78 is 0. The van der Waals surface area contributed by atoms with Gasteiger partial charge in [-0.1, -0.05) is 32.0 Å². The molecule has 20 heavy (non-hydrogen) atoms. The van der Waals surface area contributed by atoms with Gasteiger partial charge in [-0.25, -0.2) is 0 Å². The fourth-order valence-electron chi connectivity index (χ4n) is 2.08. The Hall–Kier alpha value is -2.69. The minimum atomic E-state index is -0.493. The number of nitrogens with zero attached hydrogens (tertiary/aromatic N) is 1. The lowest BCUT2D eigenvalue weighted by Crippen LogP contribution is -2.05. The Kier molecular flexibility index (Phi) is 3.79. The van der Waals surface area contributed by atoms with Crippen molar-refractivity contribution in [2.75, 3.05) is 0 Å². The predicted octanol–water partition coefficient (Wildman–Crippen LogP) is 3.62. The van der Waals surface area contributed by atoms with Gasteiger partial charge in [-0.3, -0.25) is 14.9 Å². The molecule has 0 bridgehead atoms. The summed E-state index contributed by atoms with van der Waals surface area (Å²) in [5.74, 6) is 0. The van der Waals surface area contributed by atoms with E-state index >= 15 is 0 Å². The van der Waals surface area contributed by atoms with Crippen LogP contribution in [0.1, 0.15) is 13.8 Å². The Morgan fingerprint density at radius 3 is 2.35 bits per heavy atom. The molecule has 0 saturated heterocycles. The standard InChI is InChI=1S/C13H8N2O3.C2H6/c16-13-8-4-1-2-6-10(8)14-12-9(13)5-3-7-11(12)15(17)18;1-2/h1-7H,(H,14,16);1-2H3. The van der Waals surface area contributed by atoms with Gasteiger partial charge in [0.25, 0.3) is 5.69 Å². The Balaban J connectivity index is 0.000000704. The van der Waals surface area contributed by atoms with Gasteiger partial charge in [0.05, 0.1) is 10.3 Å². The summed E-state index contributed by atoms with van der Waals surface area (Å²) in [5, 5.41) is 11.8. The van der Waals surface area contributed by atoms with Crippen LogP contribution in [-0.2, 0) is 0 Å². The molecule has 5 heteroatoms. The number of nitro groups is 1. The van der Waals surface area contributed by atoms with Crippen LogP contribution in [0, 0.1) is 10.1 Å². The molecule has 1 aromatic heterocycles. The first-order valence-electron chi connectivity index (χ1n) is 6.36. The highest BCUT2D eigenvalue weighted by Gasteiger charge is 2.14. The van der Waals surface area contributed by atoms with Gasteiger partial charge in [0, 0.05) is 17.0 Å². The summed E-state index contributed by atoms with van der Waals surface area (Å²) in [6.45, 7) is 4.00. The second kappa shape index (κ2) is 5.52. The fraction of sp³-hybridized carbons (Fsp3) is 0.133. The minimum Gasteiger partial charge on any atom is -0.349 e. The van der Waals surface area contributed by atoms with Crippen molar-refractivity contribution in [3.05, 3.63) is 62.8 Å². The SMILES string of the molecule is CC.O=c1c2ccccc2[nH]c2c([N+](=O)[O-])cccc12. The van der Waals surface area contributed by atoms with Crippen LogP contribution < -0.4 is 5.43 Å². The van der Waals surface area contributed by atoms with Gasteiger partial charge in [-0.15, -0.1) is 0 Å². The average molecular weight is 270 g/mol. The van der Waals surface area contributed by atoms with Crippen LogP contribution in [0.5, 0.6) is 0 Å². The van der Waals surface area contributed by atoms with Gasteiger partial charge in [0.15, 0.2) is 5.43 Å². The van der Waals surface area contributed by atoms with Crippen molar-refractivity contribution in [1.82, 2.24) is 4.98 Å². The molecule has 3 aromatic rings. The molecule has 1 N–H and O–H groups in total. The molecule has 0 saturated carbocycles. The Bertz CT molecular complexity index is 837. The van der Waals surface area contributed by atoms with Crippen molar-refractivity contribution in [1.29, 1.82) is 0 Å². The molecule has 0 fully saturated rings. The number of non-ortho nitro benzene ring substituents is 1. The highest BCUT2D eigenvalue weighted by atomic mass is 16.6. The zero-order valence-electron chi connectivity index (χ0n) is 11.2. The monoisotopic (exact) mass is 270 g/mol. The summed E-state index contributed by atoms with van der Waals surface area (Å²) in [6, 6.07) is 11.5. The van der Waals surface area contributed by atoms with E-state index in [9.17, 15) is 14.9 Å². The zero-order chi connectivity index (χ0) is 14.7. The van der Waals surface area contributed by atoms with Crippen molar-refractivity contribution in [2.45, 2.75) is 13.8 Å². The van der Waals surface area contributed by atoms with Gasteiger partial charge in [-0.2, -0.15) is 0 Å². The lowest BCUT2D eigenvalue weighted by molar-refractivity contribution is -0.383. The quantitative estimate of drug-likeness (QED) is 0.417. The molecule has 102 valence electrons. The second-order valence-electron chi connectivity index (χ2n) is 3.96. The number of nitrogens with one attached hydrogen (secondary N) is 1. The largest absolute Gasteiger partial charge is 0.349 e. The van der Waals surface area contributed by atoms with Crippen LogP contribution in [0.25, 0.3) is 21.8 Å². The van der Waals surface area contributed by atoms with Crippen LogP contribution in [-0.4, -0.2) is 9.91 Å². The number of hydrogen-bond donors (Lipinski definition) is 1. The summed E-state index contributed by atoms with van der Waals surface area (Å²) in [4.78, 5) is 25.6. The van der Waals surface area contributed by atoms with Gasteiger partial charge in [-0.05, 0) is 18.2 Å². The maximum Gasteiger partial charge on any atom is 0.293 e. The van der Waals surface area contributed by atoms with E-state index in [-0.39, 0.29) is 16.6 Å². The first-order chi connectivity index (χ1) is 9.68. The van der Waals surface area contributed by atoms with Crippen molar-refractivity contribution in [3.8, 4) is 0 Å². The van der Waals surface area contributed by atoms with Crippen molar-refractivity contribution in [3.63, 3.8) is 0 Å². The molecular formula is C15H14N2O3. The van der Waals surface area contributed by atoms with E-state index in [1.807, 2.05) is 13.8 Å². The van der Waals surface area contributed by atoms with E-state index in [2.05, 4.69) is 4.98 Å². The summed E-state index contributed by atoms with van der Waals surface area (Å²) in [5.41, 5.74) is 0.592. The second-order valence-corrected chi connectivity index (χ2v) is 3.96. The summed E-state index contributed by atoms with van der Waals surface area (Å²) in [7, 11) is 0. The lowest BCUT2D eigenvalue weighted by atomic mass is 10.1. The number of aromatic amines is 1. The molecule has 0 aliphatic heterocycles. The summed E-state index contributed by atoms with van der Waals surface area (Å²) >= 11 is 0. The van der Waals surface area contributed by atoms with E-state index in [1.54, 1.807) is 30.3 Å². The van der Waals surface area contributed by atoms with Gasteiger partial charge < -0.3 is 4.98 Å². The Morgan fingerprint density at radius 2 is 1.65 bits per heavy atom. The van der Waals surface area contributed by atoms with E-state index < -0.39 is 4.92 Å². The Labute approximate surface area is 115 Å². The number of nitro benzene ring substituents is 1. The molecule has 0 spiro atoms. The number of hydrogen-bond acceptors (Lipinski definition) is 3. The third-order valence-electron chi connectivity index (χ3n) is 2.92. The maximum absolute atomic E-state index is 12.2. The number of benzene rings is 2. The molecule has 3 rings (SSSR count). The third-order valence-corrected chi connectivity index (χ3v) is 2.92. The molecule has 5 nitrogen and oxygen atoms in total. The number of H-pyrrole nitrogens is 1. The number of pyridine rings is 1. The molecule has 0 radical (unpaired) electrons. The number of rotatable bonds is 1. The van der Waals surface area contributed by atoms with E-state index in [4.69, 9.17) is 0 Å². The van der Waals surface area contributed by atoms with Crippen LogP contribution in [0.4, 0.5) is 5.69 Å². The Morgan fingerprint density at radius 1 is 1.00 bits per heavy atom. The first-order valence-corrected chi connectivity index (χ1v) is 6.36. The van der Waals surface area contributed by atoms with Crippen molar-refractivity contribution < 1.29 is 4.92 Å². The topological polar surface area (TPSA) is 76.0 Å². The van der Waals surface area contributed by atoms with Crippen molar-refractivity contribution in [2.24, 2.45) is 0 Å². The van der Waals surface area contributed by atoms with Crippen LogP contribution in [0.15, 0.2) is 47.3 Å². The highest BCUT2D eigenvalue weighted by Crippen LogP contribution is 2.23. The third kappa shape index (κ3) is 2.14. The summed E-state index contributed by atoms with van der Waals surface area (Å²) in [6.07, 6.45) is 0. The molecule has 0 aliphatic rings. The van der Waals surface area contributed by atoms with E-state index in [0.717, 1.165) is 0 Å². The number of aromatic nitrogens is 1. The highest BCUT2D eigenvalue weighted by molar-refractivity contribution is 5.96. The zero-order valence-corrected chi connectivity index (χ0v) is 11.2. The van der Waals surface area contributed by atoms with E-state index in [0.29, 0.717) is 16.3 Å². The van der Waals surface area contributed by atoms with Crippen molar-refractivity contribution >= 4 is 27.5 Å². The first kappa shape index (κ1) is 13.7. The minimum absolute atomic E-state index is 0.0876. The molecule has 1 heterocycles. The van der Waals surface area contributed by atoms with Gasteiger partial charge in [0.2, 0.25) is 0 Å². The molecule has 0 atom stereocenters. The lowest BCUT2D eigenvalue weighted by Gasteiger charge is -2.02. The molecule has 0 unspecified atom stereocenters. The predicted molar refractivity (Wildman–Crippen MR) is 80.1 cm³/mol. The molecule has 0 amide bonds. The number of fused-ring (bicyclic) bond motifs is 2. The van der Waals surface area contributed by atoms with Crippen LogP contribution in [0.2, 0.25) is 0 Å². The number of para-hydroxylation sites is 2. The van der Waals surface area contributed by atoms with E-state index in [1.165, 1.54) is 12.1 Å². The molecule has 2 aromatic carbocycles. The fourth-order valence-corrected chi connectivity index (χ4v) is 2.08. The van der Waals surface area contributed by atoms with Crippen LogP contribution >= 0.6 is 0 Å². The van der Waals surface area contributed by atoms with Gasteiger partial charge in [0.1, 0.15) is 5.52 Å².